The van der Waals surface area contributed by atoms with Crippen molar-refractivity contribution in [2.24, 2.45) is 0 Å². The minimum atomic E-state index is -0.545. The number of esters is 2. The molecule has 0 aromatic carbocycles. The minimum Gasteiger partial charge on any atom is -0.462 e. The second kappa shape index (κ2) is 51.2. The molecule has 0 bridgehead atoms. The fourth-order valence-corrected chi connectivity index (χ4v) is 7.35. The number of rotatable bonds is 48. The van der Waals surface area contributed by atoms with Crippen LogP contribution in [0.5, 0.6) is 0 Å². The van der Waals surface area contributed by atoms with E-state index in [0.29, 0.717) is 19.4 Å². The largest absolute Gasteiger partial charge is 0.462 e. The summed E-state index contributed by atoms with van der Waals surface area (Å²) in [5, 5.41) is 0. The second-order valence-corrected chi connectivity index (χ2v) is 17.4. The normalized spacial score (nSPS) is 12.5. The second-order valence-electron chi connectivity index (χ2n) is 17.4. The average Bonchev–Trinajstić information content (AvgIpc) is 3.25. The Morgan fingerprint density at radius 2 is 0.700 bits per heavy atom. The Bertz CT molecular complexity index is 997. The van der Waals surface area contributed by atoms with Crippen molar-refractivity contribution in [1.29, 1.82) is 0 Å². The lowest BCUT2D eigenvalue weighted by atomic mass is 10.1. The topological polar surface area (TPSA) is 61.8 Å². The van der Waals surface area contributed by atoms with Gasteiger partial charge in [0.05, 0.1) is 6.61 Å². The average molecular weight is 841 g/mol. The van der Waals surface area contributed by atoms with E-state index >= 15 is 0 Å². The summed E-state index contributed by atoms with van der Waals surface area (Å²) in [7, 11) is 0. The van der Waals surface area contributed by atoms with Crippen LogP contribution >= 0.6 is 0 Å². The molecule has 0 aliphatic heterocycles. The Kier molecular flexibility index (Phi) is 49.4. The van der Waals surface area contributed by atoms with Gasteiger partial charge in [-0.1, -0.05) is 198 Å². The monoisotopic (exact) mass is 841 g/mol. The van der Waals surface area contributed by atoms with Gasteiger partial charge in [0.15, 0.2) is 6.10 Å². The number of ether oxygens (including phenoxy) is 3. The lowest BCUT2D eigenvalue weighted by molar-refractivity contribution is -0.163. The highest BCUT2D eigenvalue weighted by molar-refractivity contribution is 5.70. The number of unbranched alkanes of at least 4 members (excludes halogenated alkanes) is 29. The summed E-state index contributed by atoms with van der Waals surface area (Å²) in [6, 6.07) is 0. The van der Waals surface area contributed by atoms with Crippen molar-refractivity contribution in [3.05, 3.63) is 48.6 Å². The smallest absolute Gasteiger partial charge is 0.306 e. The Balaban J connectivity index is 4.27. The summed E-state index contributed by atoms with van der Waals surface area (Å²) < 4.78 is 17.4. The molecule has 60 heavy (non-hydrogen) atoms. The molecular weight excluding hydrogens is 741 g/mol. The van der Waals surface area contributed by atoms with Gasteiger partial charge in [0.1, 0.15) is 6.61 Å². The van der Waals surface area contributed by atoms with E-state index in [4.69, 9.17) is 14.2 Å². The van der Waals surface area contributed by atoms with E-state index < -0.39 is 6.10 Å². The van der Waals surface area contributed by atoms with Crippen LogP contribution in [0.3, 0.4) is 0 Å². The van der Waals surface area contributed by atoms with Gasteiger partial charge in [0.2, 0.25) is 0 Å². The van der Waals surface area contributed by atoms with Gasteiger partial charge in [0.25, 0.3) is 0 Å². The van der Waals surface area contributed by atoms with E-state index in [2.05, 4.69) is 69.4 Å². The third kappa shape index (κ3) is 48.5. The fraction of sp³-hybridized carbons (Fsp3) is 0.818. The highest BCUT2D eigenvalue weighted by atomic mass is 16.6. The van der Waals surface area contributed by atoms with Gasteiger partial charge in [0, 0.05) is 19.4 Å². The lowest BCUT2D eigenvalue weighted by Gasteiger charge is -2.18. The molecule has 0 amide bonds. The van der Waals surface area contributed by atoms with E-state index in [1.807, 2.05) is 0 Å². The Labute approximate surface area is 373 Å². The molecule has 1 atom stereocenters. The molecule has 1 unspecified atom stereocenters. The molecule has 0 aromatic rings. The summed E-state index contributed by atoms with van der Waals surface area (Å²) in [4.78, 5) is 25.4. The molecule has 0 aromatic heterocycles. The lowest BCUT2D eigenvalue weighted by Crippen LogP contribution is -2.30. The van der Waals surface area contributed by atoms with Crippen molar-refractivity contribution in [2.75, 3.05) is 19.8 Å². The molecule has 5 nitrogen and oxygen atoms in total. The van der Waals surface area contributed by atoms with Crippen LogP contribution in [0.15, 0.2) is 48.6 Å². The van der Waals surface area contributed by atoms with Gasteiger partial charge in [-0.25, -0.2) is 0 Å². The first-order chi connectivity index (χ1) is 29.6. The number of carbonyl (C=O) groups is 2. The van der Waals surface area contributed by atoms with E-state index in [0.717, 1.165) is 64.2 Å². The maximum atomic E-state index is 12.8. The molecule has 0 heterocycles. The molecule has 0 spiro atoms. The molecular formula is C55H100O5. The SMILES string of the molecule is CCCCC/C=C\C/C=C\CCCCCCCCCC(=O)OCC(COCCCCCCCC/C=C\CCCCCC)OC(=O)CCCCCCC/C=C\CCCCCC. The molecule has 0 saturated carbocycles. The Morgan fingerprint density at radius 3 is 1.15 bits per heavy atom. The first kappa shape index (κ1) is 57.9. The van der Waals surface area contributed by atoms with Crippen LogP contribution in [-0.2, 0) is 23.8 Å². The van der Waals surface area contributed by atoms with E-state index in [-0.39, 0.29) is 25.2 Å². The third-order valence-electron chi connectivity index (χ3n) is 11.3. The van der Waals surface area contributed by atoms with Crippen LogP contribution in [0.2, 0.25) is 0 Å². The van der Waals surface area contributed by atoms with Crippen LogP contribution in [0.4, 0.5) is 0 Å². The summed E-state index contributed by atoms with van der Waals surface area (Å²) in [6.45, 7) is 7.77. The van der Waals surface area contributed by atoms with Gasteiger partial charge in [-0.05, 0) is 103 Å². The molecule has 350 valence electrons. The summed E-state index contributed by atoms with van der Waals surface area (Å²) in [5.74, 6) is -0.411. The quantitative estimate of drug-likeness (QED) is 0.0347. The molecule has 0 saturated heterocycles. The molecule has 0 fully saturated rings. The zero-order chi connectivity index (χ0) is 43.5. The van der Waals surface area contributed by atoms with Crippen molar-refractivity contribution >= 4 is 11.9 Å². The van der Waals surface area contributed by atoms with Gasteiger partial charge in [-0.3, -0.25) is 9.59 Å². The van der Waals surface area contributed by atoms with Crippen LogP contribution < -0.4 is 0 Å². The highest BCUT2D eigenvalue weighted by Gasteiger charge is 2.17. The molecule has 0 N–H and O–H groups in total. The molecule has 0 rings (SSSR count). The van der Waals surface area contributed by atoms with Gasteiger partial charge in [-0.15, -0.1) is 0 Å². The van der Waals surface area contributed by atoms with Crippen LogP contribution in [0.25, 0.3) is 0 Å². The number of allylic oxidation sites excluding steroid dienone is 8. The fourth-order valence-electron chi connectivity index (χ4n) is 7.35. The Hall–Kier alpha value is -2.14. The van der Waals surface area contributed by atoms with Crippen molar-refractivity contribution < 1.29 is 23.8 Å². The van der Waals surface area contributed by atoms with Crippen molar-refractivity contribution in [3.63, 3.8) is 0 Å². The summed E-state index contributed by atoms with van der Waals surface area (Å²) in [6.07, 6.45) is 62.5. The predicted octanol–water partition coefficient (Wildman–Crippen LogP) is 17.6. The number of hydrogen-bond donors (Lipinski definition) is 0. The summed E-state index contributed by atoms with van der Waals surface area (Å²) in [5.41, 5.74) is 0. The zero-order valence-electron chi connectivity index (χ0n) is 40.2. The van der Waals surface area contributed by atoms with Crippen LogP contribution in [-0.4, -0.2) is 37.9 Å². The molecule has 0 aliphatic rings. The molecule has 0 radical (unpaired) electrons. The van der Waals surface area contributed by atoms with E-state index in [9.17, 15) is 9.59 Å². The van der Waals surface area contributed by atoms with Gasteiger partial charge < -0.3 is 14.2 Å². The first-order valence-corrected chi connectivity index (χ1v) is 26.2. The van der Waals surface area contributed by atoms with E-state index in [1.165, 1.54) is 167 Å². The first-order valence-electron chi connectivity index (χ1n) is 26.2. The zero-order valence-corrected chi connectivity index (χ0v) is 40.2. The number of hydrogen-bond acceptors (Lipinski definition) is 5. The summed E-state index contributed by atoms with van der Waals surface area (Å²) >= 11 is 0. The molecule has 0 aliphatic carbocycles. The highest BCUT2D eigenvalue weighted by Crippen LogP contribution is 2.14. The maximum Gasteiger partial charge on any atom is 0.306 e. The van der Waals surface area contributed by atoms with Gasteiger partial charge in [-0.2, -0.15) is 0 Å². The van der Waals surface area contributed by atoms with E-state index in [1.54, 1.807) is 0 Å². The van der Waals surface area contributed by atoms with Crippen LogP contribution in [0, 0.1) is 0 Å². The predicted molar refractivity (Wildman–Crippen MR) is 261 cm³/mol. The molecule has 5 heteroatoms. The maximum absolute atomic E-state index is 12.8. The number of carbonyl (C=O) groups excluding carboxylic acids is 2. The Morgan fingerprint density at radius 1 is 0.367 bits per heavy atom. The van der Waals surface area contributed by atoms with Crippen molar-refractivity contribution in [3.8, 4) is 0 Å². The minimum absolute atomic E-state index is 0.0770. The van der Waals surface area contributed by atoms with Crippen molar-refractivity contribution in [1.82, 2.24) is 0 Å². The van der Waals surface area contributed by atoms with Crippen molar-refractivity contribution in [2.45, 2.75) is 271 Å². The van der Waals surface area contributed by atoms with Gasteiger partial charge >= 0.3 is 11.9 Å². The standard InChI is InChI=1S/C55H100O5/c1-4-7-10-13-16-19-22-25-27-28-29-31-33-36-39-42-45-48-54(56)59-52-53(51-58-50-47-44-41-38-35-32-26-23-20-17-14-11-8-5-2)60-55(57)49-46-43-40-37-34-30-24-21-18-15-12-9-6-3/h16,19-21,23-25,27,53H,4-15,17-18,22,26,28-52H2,1-3H3/b19-16-,23-20-,24-21-,27-25-. The third-order valence-corrected chi connectivity index (χ3v) is 11.3. The van der Waals surface area contributed by atoms with Crippen LogP contribution in [0.1, 0.15) is 265 Å².